The number of aromatic nitrogens is 2. The number of amides is 3. The predicted octanol–water partition coefficient (Wildman–Crippen LogP) is 4.02. The van der Waals surface area contributed by atoms with Crippen LogP contribution in [0, 0.1) is 11.2 Å². The van der Waals surface area contributed by atoms with Crippen molar-refractivity contribution in [2.75, 3.05) is 37.8 Å². The Kier molecular flexibility index (Phi) is 8.44. The fourth-order valence-electron chi connectivity index (χ4n) is 3.66. The highest BCUT2D eigenvalue weighted by atomic mass is 35.5. The van der Waals surface area contributed by atoms with Crippen LogP contribution in [0.15, 0.2) is 48.8 Å². The van der Waals surface area contributed by atoms with E-state index in [4.69, 9.17) is 11.6 Å². The zero-order valence-corrected chi connectivity index (χ0v) is 21.2. The molecule has 1 aromatic heterocycles. The molecule has 0 saturated carbocycles. The summed E-state index contributed by atoms with van der Waals surface area (Å²) in [6.07, 6.45) is 1.29. The van der Waals surface area contributed by atoms with Gasteiger partial charge < -0.3 is 25.8 Å². The topological polar surface area (TPSA) is 119 Å². The van der Waals surface area contributed by atoms with Crippen molar-refractivity contribution >= 4 is 40.7 Å². The molecule has 1 heterocycles. The maximum Gasteiger partial charge on any atom is 0.276 e. The molecule has 3 amide bonds. The van der Waals surface area contributed by atoms with Gasteiger partial charge in [0, 0.05) is 24.5 Å². The summed E-state index contributed by atoms with van der Waals surface area (Å²) >= 11 is 5.93. The lowest BCUT2D eigenvalue weighted by Gasteiger charge is -2.28. The number of hydrogen-bond acceptors (Lipinski definition) is 5. The number of rotatable bonds is 9. The summed E-state index contributed by atoms with van der Waals surface area (Å²) in [7, 11) is 3.92. The molecule has 0 aliphatic rings. The predicted molar refractivity (Wildman–Crippen MR) is 137 cm³/mol. The van der Waals surface area contributed by atoms with Crippen LogP contribution in [-0.2, 0) is 0 Å². The third-order valence-corrected chi connectivity index (χ3v) is 5.44. The minimum absolute atomic E-state index is 0.00325. The summed E-state index contributed by atoms with van der Waals surface area (Å²) in [4.78, 5) is 46.6. The van der Waals surface area contributed by atoms with Gasteiger partial charge in [0.25, 0.3) is 17.7 Å². The van der Waals surface area contributed by atoms with Gasteiger partial charge in [-0.1, -0.05) is 25.4 Å². The molecule has 190 valence electrons. The second kappa shape index (κ2) is 11.3. The Balaban J connectivity index is 1.61. The molecule has 3 aromatic rings. The monoisotopic (exact) mass is 514 g/mol. The number of nitrogens with zero attached hydrogens (tertiary/aromatic N) is 2. The van der Waals surface area contributed by atoms with Crippen LogP contribution < -0.4 is 16.0 Å². The van der Waals surface area contributed by atoms with Gasteiger partial charge >= 0.3 is 0 Å². The number of aromatic amines is 1. The minimum atomic E-state index is -0.566. The summed E-state index contributed by atoms with van der Waals surface area (Å²) in [5, 5.41) is 8.18. The Labute approximate surface area is 213 Å². The van der Waals surface area contributed by atoms with Gasteiger partial charge in [-0.25, -0.2) is 9.37 Å². The largest absolute Gasteiger partial charge is 0.350 e. The molecule has 36 heavy (non-hydrogen) atoms. The second-order valence-corrected chi connectivity index (χ2v) is 9.73. The highest BCUT2D eigenvalue weighted by Gasteiger charge is 2.24. The normalized spacial score (nSPS) is 11.3. The van der Waals surface area contributed by atoms with Crippen LogP contribution in [0.25, 0.3) is 0 Å². The highest BCUT2D eigenvalue weighted by molar-refractivity contribution is 6.34. The Morgan fingerprint density at radius 3 is 2.19 bits per heavy atom. The van der Waals surface area contributed by atoms with Gasteiger partial charge in [-0.3, -0.25) is 14.4 Å². The maximum atomic E-state index is 13.2. The SMILES string of the molecule is CN(C)CC(C)(C)CNC(=O)c1[nH]cnc1C(=O)Nc1ccc(NC(=O)c2ccc(F)cc2Cl)cc1. The van der Waals surface area contributed by atoms with Gasteiger partial charge in [0.1, 0.15) is 11.5 Å². The molecule has 11 heteroatoms. The highest BCUT2D eigenvalue weighted by Crippen LogP contribution is 2.21. The Hall–Kier alpha value is -3.76. The van der Waals surface area contributed by atoms with Crippen molar-refractivity contribution in [1.82, 2.24) is 20.2 Å². The van der Waals surface area contributed by atoms with Gasteiger partial charge in [0.2, 0.25) is 0 Å². The van der Waals surface area contributed by atoms with Crippen LogP contribution in [0.4, 0.5) is 15.8 Å². The zero-order valence-electron chi connectivity index (χ0n) is 20.4. The molecule has 0 aliphatic carbocycles. The number of hydrogen-bond donors (Lipinski definition) is 4. The molecular formula is C25H28ClFN6O3. The zero-order chi connectivity index (χ0) is 26.5. The van der Waals surface area contributed by atoms with E-state index < -0.39 is 23.5 Å². The molecule has 0 saturated heterocycles. The number of benzene rings is 2. The maximum absolute atomic E-state index is 13.2. The Morgan fingerprint density at radius 1 is 1.00 bits per heavy atom. The fraction of sp³-hybridized carbons (Fsp3) is 0.280. The van der Waals surface area contributed by atoms with Crippen molar-refractivity contribution in [2.45, 2.75) is 13.8 Å². The first kappa shape index (κ1) is 26.8. The molecule has 2 aromatic carbocycles. The quantitative estimate of drug-likeness (QED) is 0.344. The summed E-state index contributed by atoms with van der Waals surface area (Å²) in [6, 6.07) is 9.82. The van der Waals surface area contributed by atoms with Gasteiger partial charge in [0.15, 0.2) is 5.69 Å². The average Bonchev–Trinajstić information content (AvgIpc) is 3.28. The van der Waals surface area contributed by atoms with E-state index >= 15 is 0 Å². The molecule has 0 radical (unpaired) electrons. The van der Waals surface area contributed by atoms with Crippen molar-refractivity contribution < 1.29 is 18.8 Å². The van der Waals surface area contributed by atoms with E-state index in [9.17, 15) is 18.8 Å². The van der Waals surface area contributed by atoms with Crippen molar-refractivity contribution in [3.8, 4) is 0 Å². The average molecular weight is 515 g/mol. The van der Waals surface area contributed by atoms with E-state index in [1.807, 2.05) is 32.8 Å². The lowest BCUT2D eigenvalue weighted by molar-refractivity contribution is 0.0914. The molecule has 0 spiro atoms. The summed E-state index contributed by atoms with van der Waals surface area (Å²) in [5.41, 5.74) is 0.859. The van der Waals surface area contributed by atoms with E-state index in [2.05, 4.69) is 25.9 Å². The summed E-state index contributed by atoms with van der Waals surface area (Å²) in [5.74, 6) is -2.04. The van der Waals surface area contributed by atoms with Crippen LogP contribution >= 0.6 is 11.6 Å². The smallest absolute Gasteiger partial charge is 0.276 e. The third kappa shape index (κ3) is 7.12. The first-order valence-electron chi connectivity index (χ1n) is 11.1. The van der Waals surface area contributed by atoms with Crippen molar-refractivity contribution in [1.29, 1.82) is 0 Å². The van der Waals surface area contributed by atoms with Crippen LogP contribution in [0.3, 0.4) is 0 Å². The molecule has 0 atom stereocenters. The van der Waals surface area contributed by atoms with Gasteiger partial charge in [-0.05, 0) is 62.0 Å². The minimum Gasteiger partial charge on any atom is -0.350 e. The summed E-state index contributed by atoms with van der Waals surface area (Å²) < 4.78 is 13.2. The number of nitrogens with one attached hydrogen (secondary N) is 4. The molecule has 4 N–H and O–H groups in total. The fourth-order valence-corrected chi connectivity index (χ4v) is 3.91. The van der Waals surface area contributed by atoms with Gasteiger partial charge in [0.05, 0.1) is 16.9 Å². The van der Waals surface area contributed by atoms with Crippen molar-refractivity contribution in [2.24, 2.45) is 5.41 Å². The van der Waals surface area contributed by atoms with E-state index in [0.717, 1.165) is 18.7 Å². The first-order chi connectivity index (χ1) is 16.9. The van der Waals surface area contributed by atoms with Gasteiger partial charge in [-0.2, -0.15) is 0 Å². The molecule has 0 unspecified atom stereocenters. The number of carbonyl (C=O) groups excluding carboxylic acids is 3. The molecule has 0 bridgehead atoms. The number of carbonyl (C=O) groups is 3. The van der Waals surface area contributed by atoms with Gasteiger partial charge in [-0.15, -0.1) is 0 Å². The number of anilines is 2. The van der Waals surface area contributed by atoms with E-state index in [1.54, 1.807) is 24.3 Å². The van der Waals surface area contributed by atoms with Crippen LogP contribution in [0.1, 0.15) is 45.2 Å². The molecule has 0 aliphatic heterocycles. The number of imidazole rings is 1. The standard InChI is InChI=1S/C25H28ClFN6O3/c1-25(2,13-33(3)4)12-28-23(35)20-21(30-14-29-20)24(36)32-17-8-6-16(7-9-17)31-22(34)18-10-5-15(27)11-19(18)26/h5-11,14H,12-13H2,1-4H3,(H,28,35)(H,29,30)(H,31,34)(H,32,36). The van der Waals surface area contributed by atoms with Crippen molar-refractivity contribution in [3.05, 3.63) is 76.6 Å². The van der Waals surface area contributed by atoms with Crippen LogP contribution in [0.2, 0.25) is 5.02 Å². The number of halogens is 2. The third-order valence-electron chi connectivity index (χ3n) is 5.13. The van der Waals surface area contributed by atoms with Crippen LogP contribution in [0.5, 0.6) is 0 Å². The van der Waals surface area contributed by atoms with E-state index in [1.165, 1.54) is 12.4 Å². The Morgan fingerprint density at radius 2 is 1.61 bits per heavy atom. The molecule has 3 rings (SSSR count). The van der Waals surface area contributed by atoms with Crippen LogP contribution in [-0.4, -0.2) is 59.8 Å². The lowest BCUT2D eigenvalue weighted by atomic mass is 9.93. The lowest BCUT2D eigenvalue weighted by Crippen LogP contribution is -2.40. The first-order valence-corrected chi connectivity index (χ1v) is 11.5. The van der Waals surface area contributed by atoms with Crippen molar-refractivity contribution in [3.63, 3.8) is 0 Å². The Bertz CT molecular complexity index is 1260. The summed E-state index contributed by atoms with van der Waals surface area (Å²) in [6.45, 7) is 5.26. The second-order valence-electron chi connectivity index (χ2n) is 9.32. The molecule has 9 nitrogen and oxygen atoms in total. The number of H-pyrrole nitrogens is 1. The molecule has 0 fully saturated rings. The molecular weight excluding hydrogens is 487 g/mol. The van der Waals surface area contributed by atoms with E-state index in [0.29, 0.717) is 17.9 Å². The van der Waals surface area contributed by atoms with E-state index in [-0.39, 0.29) is 27.4 Å².